The van der Waals surface area contributed by atoms with Crippen LogP contribution in [0.5, 0.6) is 0 Å². The summed E-state index contributed by atoms with van der Waals surface area (Å²) in [4.78, 5) is 16.3. The van der Waals surface area contributed by atoms with Crippen LogP contribution in [0.3, 0.4) is 0 Å². The molecule has 0 bridgehead atoms. The van der Waals surface area contributed by atoms with E-state index in [4.69, 9.17) is 16.3 Å². The molecule has 0 aliphatic carbocycles. The molecule has 116 valence electrons. The number of carbonyl (C=O) groups is 1. The van der Waals surface area contributed by atoms with Crippen LogP contribution in [0, 0.1) is 5.21 Å². The van der Waals surface area contributed by atoms with E-state index in [-0.39, 0.29) is 11.8 Å². The Hall–Kier alpha value is -2.05. The zero-order chi connectivity index (χ0) is 16.0. The third-order valence-corrected chi connectivity index (χ3v) is 3.84. The van der Waals surface area contributed by atoms with Crippen LogP contribution in [0.2, 0.25) is 5.02 Å². The molecule has 0 saturated heterocycles. The van der Waals surface area contributed by atoms with Crippen molar-refractivity contribution < 1.29 is 9.53 Å². The number of rotatable bonds is 2. The average molecular weight is 321 g/mol. The fraction of sp³-hybridized carbons (Fsp3) is 0.333. The van der Waals surface area contributed by atoms with Gasteiger partial charge < -0.3 is 15.0 Å². The van der Waals surface area contributed by atoms with Gasteiger partial charge in [0.2, 0.25) is 0 Å². The van der Waals surface area contributed by atoms with Gasteiger partial charge in [-0.1, -0.05) is 17.7 Å². The molecule has 1 aromatic heterocycles. The minimum atomic E-state index is -0.593. The second-order valence-corrected chi connectivity index (χ2v) is 5.82. The third-order valence-electron chi connectivity index (χ3n) is 3.53. The van der Waals surface area contributed by atoms with Crippen molar-refractivity contribution in [3.05, 3.63) is 46.1 Å². The molecule has 0 amide bonds. The van der Waals surface area contributed by atoms with E-state index in [1.165, 1.54) is 6.33 Å². The van der Waals surface area contributed by atoms with Gasteiger partial charge in [0.05, 0.1) is 34.2 Å². The number of hydroxylamine groups is 1. The number of hydrogen-bond acceptors (Lipinski definition) is 5. The molecule has 22 heavy (non-hydrogen) atoms. The molecule has 1 atom stereocenters. The number of nitrogens with zero attached hydrogens (tertiary/aromatic N) is 3. The van der Waals surface area contributed by atoms with Crippen LogP contribution in [0.25, 0.3) is 5.69 Å². The number of aromatic nitrogens is 2. The first-order chi connectivity index (χ1) is 10.4. The highest BCUT2D eigenvalue weighted by atomic mass is 35.5. The highest BCUT2D eigenvalue weighted by Crippen LogP contribution is 2.42. The van der Waals surface area contributed by atoms with Gasteiger partial charge in [-0.15, -0.1) is 0 Å². The Kier molecular flexibility index (Phi) is 3.58. The number of fused-ring (bicyclic) bond motifs is 3. The van der Waals surface area contributed by atoms with Crippen LogP contribution in [0.1, 0.15) is 43.0 Å². The summed E-state index contributed by atoms with van der Waals surface area (Å²) in [5, 5.41) is 13.7. The molecule has 3 rings (SSSR count). The lowest BCUT2D eigenvalue weighted by atomic mass is 10.1. The smallest absolute Gasteiger partial charge is 0.359 e. The normalized spacial score (nSPS) is 16.5. The molecule has 7 heteroatoms. The molecule has 6 nitrogen and oxygen atoms in total. The van der Waals surface area contributed by atoms with Gasteiger partial charge in [-0.25, -0.2) is 9.78 Å². The predicted molar refractivity (Wildman–Crippen MR) is 83.4 cm³/mol. The highest BCUT2D eigenvalue weighted by molar-refractivity contribution is 6.33. The molecular formula is C15H15ClN3O3-. The molecule has 2 heterocycles. The first-order valence-corrected chi connectivity index (χ1v) is 7.33. The topological polar surface area (TPSA) is 70.4 Å². The van der Waals surface area contributed by atoms with Crippen LogP contribution in [-0.2, 0) is 4.74 Å². The maximum atomic E-state index is 12.5. The molecule has 0 saturated carbocycles. The van der Waals surface area contributed by atoms with Gasteiger partial charge in [0.15, 0.2) is 5.69 Å². The monoisotopic (exact) mass is 320 g/mol. The molecule has 1 aliphatic rings. The Morgan fingerprint density at radius 3 is 2.86 bits per heavy atom. The van der Waals surface area contributed by atoms with Gasteiger partial charge >= 0.3 is 5.97 Å². The lowest BCUT2D eigenvalue weighted by Gasteiger charge is -2.43. The molecule has 1 unspecified atom stereocenters. The minimum Gasteiger partial charge on any atom is -0.758 e. The van der Waals surface area contributed by atoms with Crippen LogP contribution in [0.4, 0.5) is 5.69 Å². The summed E-state index contributed by atoms with van der Waals surface area (Å²) in [5.41, 5.74) is 1.65. The number of anilines is 1. The number of halogens is 1. The number of hydrogen-bond donors (Lipinski definition) is 0. The van der Waals surface area contributed by atoms with E-state index in [0.29, 0.717) is 22.1 Å². The van der Waals surface area contributed by atoms with E-state index >= 15 is 0 Å². The van der Waals surface area contributed by atoms with Gasteiger partial charge in [0.1, 0.15) is 6.33 Å². The lowest BCUT2D eigenvalue weighted by Crippen LogP contribution is -2.29. The van der Waals surface area contributed by atoms with Gasteiger partial charge in [-0.2, -0.15) is 0 Å². The number of esters is 1. The van der Waals surface area contributed by atoms with Gasteiger partial charge in [-0.05, 0) is 32.9 Å². The van der Waals surface area contributed by atoms with E-state index in [9.17, 15) is 10.0 Å². The Labute approximate surface area is 132 Å². The molecule has 2 aromatic rings. The van der Waals surface area contributed by atoms with E-state index in [1.807, 2.05) is 0 Å². The molecule has 1 aromatic carbocycles. The summed E-state index contributed by atoms with van der Waals surface area (Å²) in [7, 11) is 0. The molecule has 0 radical (unpaired) electrons. The summed E-state index contributed by atoms with van der Waals surface area (Å²) < 4.78 is 6.91. The van der Waals surface area contributed by atoms with Crippen molar-refractivity contribution in [1.29, 1.82) is 0 Å². The van der Waals surface area contributed by atoms with Crippen molar-refractivity contribution in [2.45, 2.75) is 32.9 Å². The third kappa shape index (κ3) is 2.15. The quantitative estimate of drug-likeness (QED) is 0.792. The number of benzene rings is 1. The first-order valence-electron chi connectivity index (χ1n) is 6.95. The Bertz CT molecular complexity index is 742. The zero-order valence-corrected chi connectivity index (χ0v) is 13.2. The van der Waals surface area contributed by atoms with E-state index < -0.39 is 12.0 Å². The molecule has 0 fully saturated rings. The lowest BCUT2D eigenvalue weighted by molar-refractivity contribution is 0.0369. The highest BCUT2D eigenvalue weighted by Gasteiger charge is 2.31. The van der Waals surface area contributed by atoms with Crippen LogP contribution in [0.15, 0.2) is 24.5 Å². The largest absolute Gasteiger partial charge is 0.758 e. The van der Waals surface area contributed by atoms with Crippen molar-refractivity contribution in [3.8, 4) is 5.69 Å². The van der Waals surface area contributed by atoms with E-state index in [1.54, 1.807) is 43.5 Å². The molecule has 1 aliphatic heterocycles. The standard InChI is InChI=1S/C15H15ClN3O3/c1-8(2)22-15(20)12-13-9(3)19(21)14-10(16)5-4-6-11(14)18(13)7-17-12/h4-9H,1-3H3/q-1. The number of carbonyl (C=O) groups excluding carboxylic acids is 1. The summed E-state index contributed by atoms with van der Waals surface area (Å²) in [6, 6.07) is 4.58. The van der Waals surface area contributed by atoms with Crippen molar-refractivity contribution in [2.75, 3.05) is 5.06 Å². The van der Waals surface area contributed by atoms with E-state index in [2.05, 4.69) is 4.98 Å². The summed E-state index contributed by atoms with van der Waals surface area (Å²) in [6.07, 6.45) is 1.26. The Morgan fingerprint density at radius 1 is 1.45 bits per heavy atom. The molecule has 0 spiro atoms. The van der Waals surface area contributed by atoms with Crippen LogP contribution in [-0.4, -0.2) is 21.6 Å². The van der Waals surface area contributed by atoms with Crippen molar-refractivity contribution in [2.24, 2.45) is 0 Å². The molecule has 0 N–H and O–H groups in total. The van der Waals surface area contributed by atoms with Gasteiger partial charge in [0, 0.05) is 0 Å². The number of ether oxygens (including phenoxy) is 1. The van der Waals surface area contributed by atoms with Gasteiger partial charge in [0.25, 0.3) is 0 Å². The Balaban J connectivity index is 2.16. The van der Waals surface area contributed by atoms with Crippen molar-refractivity contribution in [1.82, 2.24) is 9.55 Å². The molecular weight excluding hydrogens is 306 g/mol. The summed E-state index contributed by atoms with van der Waals surface area (Å²) >= 11 is 6.14. The minimum absolute atomic E-state index is 0.160. The Morgan fingerprint density at radius 2 is 2.18 bits per heavy atom. The zero-order valence-electron chi connectivity index (χ0n) is 12.4. The van der Waals surface area contributed by atoms with Crippen LogP contribution >= 0.6 is 11.6 Å². The number of imidazole rings is 1. The van der Waals surface area contributed by atoms with E-state index in [0.717, 1.165) is 5.06 Å². The fourth-order valence-electron chi connectivity index (χ4n) is 2.60. The predicted octanol–water partition coefficient (Wildman–Crippen LogP) is 3.47. The summed E-state index contributed by atoms with van der Waals surface area (Å²) in [5.74, 6) is -0.533. The maximum absolute atomic E-state index is 12.5. The second kappa shape index (κ2) is 5.30. The SMILES string of the molecule is CC(C)OC(=O)c1ncn2c1C(C)N([O-])c1c(Cl)cccc1-2. The van der Waals surface area contributed by atoms with Gasteiger partial charge in [-0.3, -0.25) is 4.57 Å². The van der Waals surface area contributed by atoms with Crippen molar-refractivity contribution in [3.63, 3.8) is 0 Å². The van der Waals surface area contributed by atoms with Crippen LogP contribution < -0.4 is 5.06 Å². The first kappa shape index (κ1) is 14.9. The average Bonchev–Trinajstić information content (AvgIpc) is 2.89. The van der Waals surface area contributed by atoms with Crippen molar-refractivity contribution >= 4 is 23.3 Å². The number of para-hydroxylation sites is 1. The second-order valence-electron chi connectivity index (χ2n) is 5.41. The fourth-order valence-corrected chi connectivity index (χ4v) is 2.85. The summed E-state index contributed by atoms with van der Waals surface area (Å²) in [6.45, 7) is 5.23. The maximum Gasteiger partial charge on any atom is 0.359 e.